The van der Waals surface area contributed by atoms with Gasteiger partial charge < -0.3 is 15.0 Å². The predicted molar refractivity (Wildman–Crippen MR) is 108 cm³/mol. The maximum Gasteiger partial charge on any atom is 0.241 e. The maximum atomic E-state index is 13.7. The Balaban J connectivity index is 1.70. The summed E-state index contributed by atoms with van der Waals surface area (Å²) in [6.07, 6.45) is 3.44. The van der Waals surface area contributed by atoms with Crippen molar-refractivity contribution in [3.05, 3.63) is 29.8 Å². The second-order valence-electron chi connectivity index (χ2n) is 8.34. The van der Waals surface area contributed by atoms with Gasteiger partial charge in [0.25, 0.3) is 0 Å². The van der Waals surface area contributed by atoms with Crippen molar-refractivity contribution in [2.75, 3.05) is 26.7 Å². The van der Waals surface area contributed by atoms with Gasteiger partial charge in [-0.15, -0.1) is 0 Å². The van der Waals surface area contributed by atoms with Gasteiger partial charge >= 0.3 is 0 Å². The minimum atomic E-state index is -1.26. The molecule has 1 aromatic rings. The molecule has 3 aliphatic rings. The molecule has 0 spiro atoms. The highest BCUT2D eigenvalue weighted by atomic mass is 16.5. The molecule has 1 atom stereocenters. The van der Waals surface area contributed by atoms with Crippen LogP contribution in [0, 0.1) is 0 Å². The van der Waals surface area contributed by atoms with Gasteiger partial charge in [-0.25, -0.2) is 0 Å². The summed E-state index contributed by atoms with van der Waals surface area (Å²) in [7, 11) is 1.54. The van der Waals surface area contributed by atoms with Crippen LogP contribution in [0.5, 0.6) is 5.75 Å². The number of amides is 4. The van der Waals surface area contributed by atoms with Gasteiger partial charge in [0.2, 0.25) is 23.6 Å². The fraction of sp³-hybridized carbons (Fsp3) is 0.545. The Kier molecular flexibility index (Phi) is 5.49. The van der Waals surface area contributed by atoms with Gasteiger partial charge in [0, 0.05) is 32.0 Å². The highest BCUT2D eigenvalue weighted by Crippen LogP contribution is 2.43. The zero-order chi connectivity index (χ0) is 21.3. The molecule has 1 aromatic carbocycles. The van der Waals surface area contributed by atoms with Crippen molar-refractivity contribution in [2.24, 2.45) is 0 Å². The average molecular weight is 413 g/mol. The van der Waals surface area contributed by atoms with Crippen molar-refractivity contribution in [1.29, 1.82) is 0 Å². The van der Waals surface area contributed by atoms with Crippen LogP contribution >= 0.6 is 0 Å². The second-order valence-corrected chi connectivity index (χ2v) is 8.34. The van der Waals surface area contributed by atoms with Crippen molar-refractivity contribution in [3.8, 4) is 5.75 Å². The molecule has 1 unspecified atom stereocenters. The van der Waals surface area contributed by atoms with Gasteiger partial charge in [-0.3, -0.25) is 24.1 Å². The van der Waals surface area contributed by atoms with Crippen LogP contribution in [0.3, 0.4) is 0 Å². The SMILES string of the molecule is COc1cccc(C2(CC(=O)N3CCNC(=O)C3)CC(=O)N(C3CCCC3)C2=O)c1. The number of imide groups is 1. The van der Waals surface area contributed by atoms with E-state index in [0.29, 0.717) is 24.4 Å². The summed E-state index contributed by atoms with van der Waals surface area (Å²) in [5.41, 5.74) is -0.658. The molecule has 8 nitrogen and oxygen atoms in total. The van der Waals surface area contributed by atoms with Crippen LogP contribution in [0.25, 0.3) is 0 Å². The van der Waals surface area contributed by atoms with E-state index in [1.165, 1.54) is 16.9 Å². The van der Waals surface area contributed by atoms with Crippen molar-refractivity contribution in [1.82, 2.24) is 15.1 Å². The van der Waals surface area contributed by atoms with Crippen LogP contribution in [0.2, 0.25) is 0 Å². The van der Waals surface area contributed by atoms with Gasteiger partial charge in [0.05, 0.1) is 19.1 Å². The Hall–Kier alpha value is -2.90. The Morgan fingerprint density at radius 3 is 2.70 bits per heavy atom. The van der Waals surface area contributed by atoms with Crippen LogP contribution in [-0.2, 0) is 24.6 Å². The number of piperazine rings is 1. The van der Waals surface area contributed by atoms with Gasteiger partial charge in [-0.2, -0.15) is 0 Å². The Bertz CT molecular complexity index is 879. The molecule has 3 fully saturated rings. The standard InChI is InChI=1S/C22H27N3O5/c1-30-17-8-4-5-15(11-17)22(12-19(27)24-10-9-23-18(26)14-24)13-20(28)25(21(22)29)16-6-2-3-7-16/h4-5,8,11,16H,2-3,6-7,9-10,12-14H2,1H3,(H,23,26). The molecule has 4 rings (SSSR count). The van der Waals surface area contributed by atoms with E-state index in [1.807, 2.05) is 0 Å². The number of methoxy groups -OCH3 is 1. The number of likely N-dealkylation sites (tertiary alicyclic amines) is 1. The Morgan fingerprint density at radius 2 is 2.00 bits per heavy atom. The molecule has 0 aromatic heterocycles. The minimum absolute atomic E-state index is 0.0263. The number of rotatable bonds is 5. The number of carbonyl (C=O) groups is 4. The lowest BCUT2D eigenvalue weighted by atomic mass is 9.75. The molecular weight excluding hydrogens is 386 g/mol. The van der Waals surface area contributed by atoms with E-state index in [0.717, 1.165) is 25.7 Å². The third-order valence-corrected chi connectivity index (χ3v) is 6.51. The Morgan fingerprint density at radius 1 is 1.23 bits per heavy atom. The third kappa shape index (κ3) is 3.55. The van der Waals surface area contributed by atoms with E-state index in [2.05, 4.69) is 5.32 Å². The summed E-state index contributed by atoms with van der Waals surface area (Å²) in [6, 6.07) is 6.96. The van der Waals surface area contributed by atoms with E-state index in [1.54, 1.807) is 24.3 Å². The molecule has 160 valence electrons. The lowest BCUT2D eigenvalue weighted by Crippen LogP contribution is -2.52. The van der Waals surface area contributed by atoms with Crippen molar-refractivity contribution in [3.63, 3.8) is 0 Å². The quantitative estimate of drug-likeness (QED) is 0.726. The van der Waals surface area contributed by atoms with Gasteiger partial charge in [0.15, 0.2) is 0 Å². The van der Waals surface area contributed by atoms with E-state index >= 15 is 0 Å². The lowest BCUT2D eigenvalue weighted by Gasteiger charge is -2.33. The first kappa shape index (κ1) is 20.4. The Labute approximate surface area is 175 Å². The maximum absolute atomic E-state index is 13.7. The van der Waals surface area contributed by atoms with E-state index in [-0.39, 0.29) is 49.1 Å². The molecule has 0 bridgehead atoms. The molecule has 1 N–H and O–H groups in total. The number of carbonyl (C=O) groups excluding carboxylic acids is 4. The zero-order valence-corrected chi connectivity index (χ0v) is 17.2. The van der Waals surface area contributed by atoms with Gasteiger partial charge in [0.1, 0.15) is 5.75 Å². The fourth-order valence-electron chi connectivity index (χ4n) is 4.90. The van der Waals surface area contributed by atoms with Crippen molar-refractivity contribution in [2.45, 2.75) is 50.0 Å². The van der Waals surface area contributed by atoms with Gasteiger partial charge in [-0.05, 0) is 30.5 Å². The van der Waals surface area contributed by atoms with Crippen molar-refractivity contribution >= 4 is 23.6 Å². The highest BCUT2D eigenvalue weighted by Gasteiger charge is 2.56. The summed E-state index contributed by atoms with van der Waals surface area (Å²) >= 11 is 0. The number of nitrogens with one attached hydrogen (secondary N) is 1. The van der Waals surface area contributed by atoms with E-state index in [4.69, 9.17) is 4.74 Å². The van der Waals surface area contributed by atoms with E-state index < -0.39 is 5.41 Å². The highest BCUT2D eigenvalue weighted by molar-refractivity contribution is 6.11. The summed E-state index contributed by atoms with van der Waals surface area (Å²) in [5, 5.41) is 2.70. The lowest BCUT2D eigenvalue weighted by molar-refractivity contribution is -0.145. The molecule has 4 amide bonds. The van der Waals surface area contributed by atoms with Crippen LogP contribution in [0.1, 0.15) is 44.1 Å². The van der Waals surface area contributed by atoms with Crippen LogP contribution < -0.4 is 10.1 Å². The largest absolute Gasteiger partial charge is 0.497 e. The molecule has 2 saturated heterocycles. The zero-order valence-electron chi connectivity index (χ0n) is 17.2. The molecule has 0 radical (unpaired) electrons. The number of hydrogen-bond donors (Lipinski definition) is 1. The summed E-state index contributed by atoms with van der Waals surface area (Å²) in [6.45, 7) is 0.756. The summed E-state index contributed by atoms with van der Waals surface area (Å²) in [4.78, 5) is 54.5. The third-order valence-electron chi connectivity index (χ3n) is 6.51. The first-order valence-corrected chi connectivity index (χ1v) is 10.5. The predicted octanol–water partition coefficient (Wildman–Crippen LogP) is 0.983. The molecule has 2 heterocycles. The normalized spacial score (nSPS) is 25.0. The summed E-state index contributed by atoms with van der Waals surface area (Å²) in [5.74, 6) is -0.467. The monoisotopic (exact) mass is 413 g/mol. The minimum Gasteiger partial charge on any atom is -0.497 e. The number of ether oxygens (including phenoxy) is 1. The summed E-state index contributed by atoms with van der Waals surface area (Å²) < 4.78 is 5.33. The smallest absolute Gasteiger partial charge is 0.241 e. The average Bonchev–Trinajstić information content (AvgIpc) is 3.35. The molecule has 2 aliphatic heterocycles. The number of benzene rings is 1. The van der Waals surface area contributed by atoms with Crippen molar-refractivity contribution < 1.29 is 23.9 Å². The molecule has 8 heteroatoms. The van der Waals surface area contributed by atoms with Crippen LogP contribution in [-0.4, -0.2) is 66.2 Å². The number of hydrogen-bond acceptors (Lipinski definition) is 5. The van der Waals surface area contributed by atoms with E-state index in [9.17, 15) is 19.2 Å². The fourth-order valence-corrected chi connectivity index (χ4v) is 4.90. The second kappa shape index (κ2) is 8.08. The van der Waals surface area contributed by atoms with Crippen LogP contribution in [0.4, 0.5) is 0 Å². The molecule has 1 saturated carbocycles. The first-order valence-electron chi connectivity index (χ1n) is 10.5. The first-order chi connectivity index (χ1) is 14.4. The number of nitrogens with zero attached hydrogens (tertiary/aromatic N) is 2. The molecule has 30 heavy (non-hydrogen) atoms. The van der Waals surface area contributed by atoms with Crippen LogP contribution in [0.15, 0.2) is 24.3 Å². The van der Waals surface area contributed by atoms with Gasteiger partial charge in [-0.1, -0.05) is 25.0 Å². The molecular formula is C22H27N3O5. The topological polar surface area (TPSA) is 96.0 Å². The molecule has 1 aliphatic carbocycles.